The molecule has 0 radical (unpaired) electrons. The van der Waals surface area contributed by atoms with Crippen LogP contribution in [0.4, 0.5) is 8.78 Å². The molecule has 1 nitrogen and oxygen atoms in total. The summed E-state index contributed by atoms with van der Waals surface area (Å²) in [5.41, 5.74) is 1.12. The summed E-state index contributed by atoms with van der Waals surface area (Å²) in [4.78, 5) is 0. The predicted molar refractivity (Wildman–Crippen MR) is 52.5 cm³/mol. The van der Waals surface area contributed by atoms with E-state index in [1.54, 1.807) is 6.08 Å². The maximum Gasteiger partial charge on any atom is 0.255 e. The quantitative estimate of drug-likeness (QED) is 0.692. The third-order valence-corrected chi connectivity index (χ3v) is 3.09. The van der Waals surface area contributed by atoms with Crippen LogP contribution in [0.2, 0.25) is 0 Å². The topological polar surface area (TPSA) is 12.0 Å². The van der Waals surface area contributed by atoms with Crippen molar-refractivity contribution >= 4 is 0 Å². The van der Waals surface area contributed by atoms with Crippen LogP contribution in [0.15, 0.2) is 11.6 Å². The van der Waals surface area contributed by atoms with Crippen LogP contribution in [-0.4, -0.2) is 18.5 Å². The number of rotatable bonds is 3. The zero-order chi connectivity index (χ0) is 10.2. The lowest BCUT2D eigenvalue weighted by Crippen LogP contribution is -2.21. The minimum absolute atomic E-state index is 0.0580. The summed E-state index contributed by atoms with van der Waals surface area (Å²) in [5.74, 6) is -2.87. The Morgan fingerprint density at radius 1 is 1.57 bits per heavy atom. The molecule has 0 bridgehead atoms. The van der Waals surface area contributed by atoms with Gasteiger partial charge in [0.05, 0.1) is 0 Å². The molecular formula is C11H17F2N. The van der Waals surface area contributed by atoms with Crippen molar-refractivity contribution in [2.45, 2.75) is 44.6 Å². The fraction of sp³-hybridized carbons (Fsp3) is 0.818. The fourth-order valence-corrected chi connectivity index (χ4v) is 2.15. The standard InChI is InChI=1S/C11H17F2N/c1-8(5-9-7-11(9,12)13)6-10-3-2-4-14-10/h5,9-10,14H,2-4,6-7H2,1H3/b8-5+. The lowest BCUT2D eigenvalue weighted by atomic mass is 10.0. The minimum atomic E-state index is -2.40. The molecule has 80 valence electrons. The second-order valence-corrected chi connectivity index (χ2v) is 4.58. The lowest BCUT2D eigenvalue weighted by Gasteiger charge is -2.09. The molecule has 2 fully saturated rings. The van der Waals surface area contributed by atoms with Crippen molar-refractivity contribution in [3.05, 3.63) is 11.6 Å². The maximum absolute atomic E-state index is 12.6. The molecule has 1 heterocycles. The van der Waals surface area contributed by atoms with Crippen molar-refractivity contribution in [3.63, 3.8) is 0 Å². The van der Waals surface area contributed by atoms with Gasteiger partial charge >= 0.3 is 0 Å². The van der Waals surface area contributed by atoms with Gasteiger partial charge in [0.2, 0.25) is 0 Å². The summed E-state index contributed by atoms with van der Waals surface area (Å²) >= 11 is 0. The summed E-state index contributed by atoms with van der Waals surface area (Å²) in [6, 6.07) is 0.527. The molecule has 0 aromatic heterocycles. The summed E-state index contributed by atoms with van der Waals surface area (Å²) < 4.78 is 25.2. The summed E-state index contributed by atoms with van der Waals surface area (Å²) in [7, 11) is 0. The van der Waals surface area contributed by atoms with Gasteiger partial charge in [-0.3, -0.25) is 0 Å². The Labute approximate surface area is 83.6 Å². The van der Waals surface area contributed by atoms with Crippen LogP contribution < -0.4 is 5.32 Å². The van der Waals surface area contributed by atoms with Crippen LogP contribution in [-0.2, 0) is 0 Å². The minimum Gasteiger partial charge on any atom is -0.314 e. The molecule has 0 spiro atoms. The van der Waals surface area contributed by atoms with E-state index in [0.29, 0.717) is 6.04 Å². The van der Waals surface area contributed by atoms with Crippen LogP contribution >= 0.6 is 0 Å². The molecule has 14 heavy (non-hydrogen) atoms. The molecule has 1 aliphatic heterocycles. The van der Waals surface area contributed by atoms with Gasteiger partial charge in [0.15, 0.2) is 0 Å². The Bertz CT molecular complexity index is 242. The van der Waals surface area contributed by atoms with E-state index < -0.39 is 11.8 Å². The van der Waals surface area contributed by atoms with E-state index in [4.69, 9.17) is 0 Å². The molecule has 2 atom stereocenters. The van der Waals surface area contributed by atoms with Crippen molar-refractivity contribution in [2.75, 3.05) is 6.54 Å². The highest BCUT2D eigenvalue weighted by molar-refractivity contribution is 5.14. The molecule has 2 unspecified atom stereocenters. The first-order valence-corrected chi connectivity index (χ1v) is 5.36. The number of alkyl halides is 2. The number of halogens is 2. The average molecular weight is 201 g/mol. The monoisotopic (exact) mass is 201 g/mol. The first-order valence-electron chi connectivity index (χ1n) is 5.36. The molecular weight excluding hydrogens is 184 g/mol. The first kappa shape index (κ1) is 10.1. The summed E-state index contributed by atoms with van der Waals surface area (Å²) in [5, 5.41) is 3.37. The molecule has 0 amide bonds. The third kappa shape index (κ3) is 2.32. The van der Waals surface area contributed by atoms with Crippen molar-refractivity contribution in [2.24, 2.45) is 5.92 Å². The Kier molecular flexibility index (Phi) is 2.60. The molecule has 1 saturated carbocycles. The Balaban J connectivity index is 1.80. The van der Waals surface area contributed by atoms with Gasteiger partial charge in [-0.25, -0.2) is 8.78 Å². The number of nitrogens with one attached hydrogen (secondary N) is 1. The molecule has 2 rings (SSSR count). The largest absolute Gasteiger partial charge is 0.314 e. The fourth-order valence-electron chi connectivity index (χ4n) is 2.15. The third-order valence-electron chi connectivity index (χ3n) is 3.09. The Hall–Kier alpha value is -0.440. The van der Waals surface area contributed by atoms with E-state index in [9.17, 15) is 8.78 Å². The predicted octanol–water partition coefficient (Wildman–Crippen LogP) is 2.73. The summed E-state index contributed by atoms with van der Waals surface area (Å²) in [6.45, 7) is 3.05. The molecule has 1 aliphatic carbocycles. The molecule has 1 saturated heterocycles. The zero-order valence-electron chi connectivity index (χ0n) is 8.52. The van der Waals surface area contributed by atoms with Gasteiger partial charge in [0.25, 0.3) is 5.92 Å². The van der Waals surface area contributed by atoms with E-state index in [1.165, 1.54) is 12.8 Å². The number of hydrogen-bond donors (Lipinski definition) is 1. The van der Waals surface area contributed by atoms with Crippen LogP contribution in [0.25, 0.3) is 0 Å². The summed E-state index contributed by atoms with van der Waals surface area (Å²) in [6.07, 6.45) is 5.17. The second kappa shape index (κ2) is 3.61. The smallest absolute Gasteiger partial charge is 0.255 e. The lowest BCUT2D eigenvalue weighted by molar-refractivity contribution is 0.107. The molecule has 0 aromatic carbocycles. The van der Waals surface area contributed by atoms with Crippen LogP contribution in [0.1, 0.15) is 32.6 Å². The van der Waals surface area contributed by atoms with Crippen LogP contribution in [0.3, 0.4) is 0 Å². The average Bonchev–Trinajstić information content (AvgIpc) is 2.49. The van der Waals surface area contributed by atoms with E-state index in [2.05, 4.69) is 5.32 Å². The first-order chi connectivity index (χ1) is 6.58. The number of allylic oxidation sites excluding steroid dienone is 1. The van der Waals surface area contributed by atoms with E-state index in [0.717, 1.165) is 18.5 Å². The van der Waals surface area contributed by atoms with Crippen molar-refractivity contribution in [1.29, 1.82) is 0 Å². The van der Waals surface area contributed by atoms with E-state index in [1.807, 2.05) is 6.92 Å². The van der Waals surface area contributed by atoms with Crippen LogP contribution in [0.5, 0.6) is 0 Å². The molecule has 3 heteroatoms. The normalized spacial score (nSPS) is 36.1. The van der Waals surface area contributed by atoms with Gasteiger partial charge in [-0.1, -0.05) is 11.6 Å². The van der Waals surface area contributed by atoms with Gasteiger partial charge < -0.3 is 5.32 Å². The van der Waals surface area contributed by atoms with Gasteiger partial charge in [-0.15, -0.1) is 0 Å². The van der Waals surface area contributed by atoms with Crippen LogP contribution in [0, 0.1) is 5.92 Å². The van der Waals surface area contributed by atoms with Crippen molar-refractivity contribution in [1.82, 2.24) is 5.32 Å². The van der Waals surface area contributed by atoms with Gasteiger partial charge in [-0.2, -0.15) is 0 Å². The Morgan fingerprint density at radius 2 is 2.29 bits per heavy atom. The van der Waals surface area contributed by atoms with Crippen molar-refractivity contribution < 1.29 is 8.78 Å². The van der Waals surface area contributed by atoms with E-state index in [-0.39, 0.29) is 6.42 Å². The molecule has 2 aliphatic rings. The molecule has 0 aromatic rings. The van der Waals surface area contributed by atoms with E-state index >= 15 is 0 Å². The SMILES string of the molecule is C/C(=C\C1CC1(F)F)CC1CCCN1. The van der Waals surface area contributed by atoms with Crippen molar-refractivity contribution in [3.8, 4) is 0 Å². The van der Waals surface area contributed by atoms with Gasteiger partial charge in [0.1, 0.15) is 0 Å². The van der Waals surface area contributed by atoms with Gasteiger partial charge in [0, 0.05) is 18.4 Å². The molecule has 1 N–H and O–H groups in total. The highest BCUT2D eigenvalue weighted by Gasteiger charge is 2.55. The zero-order valence-corrected chi connectivity index (χ0v) is 8.52. The van der Waals surface area contributed by atoms with Gasteiger partial charge in [-0.05, 0) is 32.7 Å². The highest BCUT2D eigenvalue weighted by atomic mass is 19.3. The second-order valence-electron chi connectivity index (χ2n) is 4.58. The maximum atomic E-state index is 12.6. The number of hydrogen-bond acceptors (Lipinski definition) is 1. The Morgan fingerprint density at radius 3 is 2.79 bits per heavy atom. The highest BCUT2D eigenvalue weighted by Crippen LogP contribution is 2.50.